The third kappa shape index (κ3) is 4.73. The lowest BCUT2D eigenvalue weighted by atomic mass is 10.1. The fourth-order valence-corrected chi connectivity index (χ4v) is 3.12. The molecule has 1 aliphatic heterocycles. The molecule has 2 rings (SSSR count). The predicted molar refractivity (Wildman–Crippen MR) is 98.5 cm³/mol. The molecule has 1 atom stereocenters. The van der Waals surface area contributed by atoms with Gasteiger partial charge in [-0.25, -0.2) is 4.79 Å². The molecule has 0 saturated carbocycles. The van der Waals surface area contributed by atoms with Crippen molar-refractivity contribution in [3.8, 4) is 0 Å². The maximum atomic E-state index is 12.8. The van der Waals surface area contributed by atoms with E-state index in [-0.39, 0.29) is 43.1 Å². The maximum Gasteiger partial charge on any atom is 0.330 e. The van der Waals surface area contributed by atoms with Crippen LogP contribution in [0.15, 0.2) is 9.59 Å². The summed E-state index contributed by atoms with van der Waals surface area (Å²) in [5.74, 6) is -0.237. The Kier molecular flexibility index (Phi) is 7.40. The number of ether oxygens (including phenoxy) is 2. The van der Waals surface area contributed by atoms with Gasteiger partial charge in [0.1, 0.15) is 5.82 Å². The zero-order chi connectivity index (χ0) is 19.1. The molecule has 3 N–H and O–H groups in total. The van der Waals surface area contributed by atoms with Crippen LogP contribution in [0.3, 0.4) is 0 Å². The van der Waals surface area contributed by atoms with E-state index in [0.717, 1.165) is 19.4 Å². The first kappa shape index (κ1) is 20.2. The number of hydrogen-bond donors (Lipinski definition) is 2. The van der Waals surface area contributed by atoms with Crippen molar-refractivity contribution in [2.75, 3.05) is 37.5 Å². The van der Waals surface area contributed by atoms with Crippen LogP contribution in [0.5, 0.6) is 0 Å². The lowest BCUT2D eigenvalue weighted by Gasteiger charge is -2.24. The summed E-state index contributed by atoms with van der Waals surface area (Å²) >= 11 is 0. The molecular formula is C17H28N4O5. The summed E-state index contributed by atoms with van der Waals surface area (Å²) in [6.07, 6.45) is 3.51. The van der Waals surface area contributed by atoms with Crippen LogP contribution in [0.2, 0.25) is 0 Å². The van der Waals surface area contributed by atoms with Gasteiger partial charge in [0.2, 0.25) is 5.91 Å². The van der Waals surface area contributed by atoms with Crippen LogP contribution in [0, 0.1) is 0 Å². The Hall–Kier alpha value is -2.13. The minimum absolute atomic E-state index is 0.00201. The van der Waals surface area contributed by atoms with Gasteiger partial charge in [0, 0.05) is 33.2 Å². The van der Waals surface area contributed by atoms with Gasteiger partial charge in [0.05, 0.1) is 12.7 Å². The molecule has 9 nitrogen and oxygen atoms in total. The average Bonchev–Trinajstić information content (AvgIpc) is 3.12. The average molecular weight is 368 g/mol. The van der Waals surface area contributed by atoms with Gasteiger partial charge >= 0.3 is 5.69 Å². The van der Waals surface area contributed by atoms with Crippen LogP contribution >= 0.6 is 0 Å². The SMILES string of the molecule is CCCn1c(N)c(N(CCOC)C(=O)CCC2CCCO2)c(=O)[nH]c1=O. The molecule has 146 valence electrons. The van der Waals surface area contributed by atoms with Crippen molar-refractivity contribution in [3.05, 3.63) is 20.8 Å². The highest BCUT2D eigenvalue weighted by Crippen LogP contribution is 2.21. The summed E-state index contributed by atoms with van der Waals surface area (Å²) in [6.45, 7) is 3.40. The number of nitrogens with one attached hydrogen (secondary N) is 1. The van der Waals surface area contributed by atoms with Crippen molar-refractivity contribution in [1.82, 2.24) is 9.55 Å². The summed E-state index contributed by atoms with van der Waals surface area (Å²) in [7, 11) is 1.51. The summed E-state index contributed by atoms with van der Waals surface area (Å²) in [4.78, 5) is 40.7. The van der Waals surface area contributed by atoms with Gasteiger partial charge in [-0.05, 0) is 25.7 Å². The number of aromatic nitrogens is 2. The van der Waals surface area contributed by atoms with E-state index in [1.807, 2.05) is 6.92 Å². The molecule has 0 aromatic carbocycles. The quantitative estimate of drug-likeness (QED) is 0.654. The van der Waals surface area contributed by atoms with E-state index in [2.05, 4.69) is 4.98 Å². The topological polar surface area (TPSA) is 120 Å². The van der Waals surface area contributed by atoms with Gasteiger partial charge in [0.15, 0.2) is 5.69 Å². The third-order valence-corrected chi connectivity index (χ3v) is 4.46. The number of carbonyl (C=O) groups is 1. The van der Waals surface area contributed by atoms with Crippen molar-refractivity contribution >= 4 is 17.4 Å². The van der Waals surface area contributed by atoms with E-state index in [4.69, 9.17) is 15.2 Å². The van der Waals surface area contributed by atoms with E-state index in [1.165, 1.54) is 16.6 Å². The van der Waals surface area contributed by atoms with Crippen LogP contribution in [0.25, 0.3) is 0 Å². The number of nitrogens with zero attached hydrogens (tertiary/aromatic N) is 2. The van der Waals surface area contributed by atoms with Gasteiger partial charge in [-0.15, -0.1) is 0 Å². The predicted octanol–water partition coefficient (Wildman–Crippen LogP) is 0.467. The third-order valence-electron chi connectivity index (χ3n) is 4.46. The Morgan fingerprint density at radius 3 is 2.85 bits per heavy atom. The smallest absolute Gasteiger partial charge is 0.330 e. The number of amides is 1. The first-order valence-corrected chi connectivity index (χ1v) is 9.03. The Bertz CT molecular complexity index is 721. The van der Waals surface area contributed by atoms with E-state index in [1.54, 1.807) is 0 Å². The number of nitrogens with two attached hydrogens (primary N) is 1. The largest absolute Gasteiger partial charge is 0.383 e. The van der Waals surface area contributed by atoms with Gasteiger partial charge in [0.25, 0.3) is 5.56 Å². The minimum Gasteiger partial charge on any atom is -0.383 e. The van der Waals surface area contributed by atoms with E-state index < -0.39 is 11.2 Å². The van der Waals surface area contributed by atoms with E-state index >= 15 is 0 Å². The zero-order valence-electron chi connectivity index (χ0n) is 15.5. The minimum atomic E-state index is -0.665. The van der Waals surface area contributed by atoms with Crippen LogP contribution < -0.4 is 21.9 Å². The molecule has 1 aromatic heterocycles. The molecule has 1 unspecified atom stereocenters. The normalized spacial score (nSPS) is 16.8. The first-order chi connectivity index (χ1) is 12.5. The zero-order valence-corrected chi connectivity index (χ0v) is 15.5. The highest BCUT2D eigenvalue weighted by molar-refractivity contribution is 5.95. The van der Waals surface area contributed by atoms with Crippen molar-refractivity contribution in [2.24, 2.45) is 0 Å². The standard InChI is InChI=1S/C17H28N4O5/c1-3-8-21-15(18)14(16(23)19-17(21)24)20(9-11-25-2)13(22)7-6-12-5-4-10-26-12/h12H,3-11,18H2,1-2H3,(H,19,23,24). The molecule has 26 heavy (non-hydrogen) atoms. The number of anilines is 2. The maximum absolute atomic E-state index is 12.8. The van der Waals surface area contributed by atoms with Crippen molar-refractivity contribution in [1.29, 1.82) is 0 Å². The second kappa shape index (κ2) is 9.54. The summed E-state index contributed by atoms with van der Waals surface area (Å²) in [5, 5.41) is 0. The van der Waals surface area contributed by atoms with Crippen molar-refractivity contribution < 1.29 is 14.3 Å². The Morgan fingerprint density at radius 1 is 1.46 bits per heavy atom. The van der Waals surface area contributed by atoms with Crippen LogP contribution in [0.4, 0.5) is 11.5 Å². The number of methoxy groups -OCH3 is 1. The lowest BCUT2D eigenvalue weighted by molar-refractivity contribution is -0.119. The van der Waals surface area contributed by atoms with Gasteiger partial charge in [-0.2, -0.15) is 0 Å². The highest BCUT2D eigenvalue weighted by atomic mass is 16.5. The Balaban J connectivity index is 2.30. The number of nitrogen functional groups attached to an aromatic ring is 1. The number of hydrogen-bond acceptors (Lipinski definition) is 6. The van der Waals surface area contributed by atoms with Gasteiger partial charge in [-0.1, -0.05) is 6.92 Å². The van der Waals surface area contributed by atoms with Crippen molar-refractivity contribution in [3.63, 3.8) is 0 Å². The second-order valence-electron chi connectivity index (χ2n) is 6.36. The molecule has 0 aliphatic carbocycles. The Labute approximate surface area is 152 Å². The molecule has 1 aliphatic rings. The van der Waals surface area contributed by atoms with Gasteiger partial charge < -0.3 is 20.1 Å². The summed E-state index contributed by atoms with van der Waals surface area (Å²) in [5.41, 5.74) is 4.85. The fraction of sp³-hybridized carbons (Fsp3) is 0.706. The number of H-pyrrole nitrogens is 1. The van der Waals surface area contributed by atoms with Crippen LogP contribution in [-0.4, -0.2) is 48.4 Å². The van der Waals surface area contributed by atoms with Gasteiger partial charge in [-0.3, -0.25) is 19.1 Å². The fourth-order valence-electron chi connectivity index (χ4n) is 3.12. The molecule has 1 fully saturated rings. The molecule has 1 amide bonds. The molecule has 1 aromatic rings. The summed E-state index contributed by atoms with van der Waals surface area (Å²) in [6, 6.07) is 0. The van der Waals surface area contributed by atoms with Crippen molar-refractivity contribution in [2.45, 2.75) is 51.7 Å². The molecule has 0 radical (unpaired) electrons. The second-order valence-corrected chi connectivity index (χ2v) is 6.36. The highest BCUT2D eigenvalue weighted by Gasteiger charge is 2.25. The molecule has 0 spiro atoms. The molecule has 0 bridgehead atoms. The molecule has 9 heteroatoms. The Morgan fingerprint density at radius 2 is 2.23 bits per heavy atom. The number of aromatic amines is 1. The summed E-state index contributed by atoms with van der Waals surface area (Å²) < 4.78 is 11.9. The number of carbonyl (C=O) groups excluding carboxylic acids is 1. The number of rotatable bonds is 9. The van der Waals surface area contributed by atoms with Crippen LogP contribution in [0.1, 0.15) is 39.0 Å². The molecule has 2 heterocycles. The van der Waals surface area contributed by atoms with E-state index in [9.17, 15) is 14.4 Å². The van der Waals surface area contributed by atoms with E-state index in [0.29, 0.717) is 19.4 Å². The lowest BCUT2D eigenvalue weighted by Crippen LogP contribution is -2.42. The molecule has 1 saturated heterocycles. The molecular weight excluding hydrogens is 340 g/mol. The van der Waals surface area contributed by atoms with Crippen LogP contribution in [-0.2, 0) is 20.8 Å². The first-order valence-electron chi connectivity index (χ1n) is 9.03. The monoisotopic (exact) mass is 368 g/mol.